The predicted molar refractivity (Wildman–Crippen MR) is 121 cm³/mol. The van der Waals surface area contributed by atoms with Crippen molar-refractivity contribution in [3.8, 4) is 0 Å². The molecule has 0 aromatic heterocycles. The van der Waals surface area contributed by atoms with Crippen LogP contribution in [0.2, 0.25) is 0 Å². The second-order valence-corrected chi connectivity index (χ2v) is 8.06. The Morgan fingerprint density at radius 1 is 0.862 bits per heavy atom. The summed E-state index contributed by atoms with van der Waals surface area (Å²) in [5.74, 6) is 0.529. The van der Waals surface area contributed by atoms with Crippen molar-refractivity contribution in [1.29, 1.82) is 0 Å². The number of hydrogen-bond acceptors (Lipinski definition) is 2. The van der Waals surface area contributed by atoms with Gasteiger partial charge in [0.15, 0.2) is 5.78 Å². The van der Waals surface area contributed by atoms with Crippen LogP contribution < -0.4 is 5.32 Å². The number of benzene rings is 3. The topological polar surface area (TPSA) is 29.1 Å². The zero-order valence-corrected chi connectivity index (χ0v) is 17.5. The van der Waals surface area contributed by atoms with E-state index in [0.717, 1.165) is 35.2 Å². The van der Waals surface area contributed by atoms with Crippen LogP contribution in [-0.2, 0) is 0 Å². The van der Waals surface area contributed by atoms with Crippen LogP contribution in [0.15, 0.2) is 72.8 Å². The maximum atomic E-state index is 13.7. The molecule has 1 heterocycles. The molecule has 0 spiro atoms. The highest BCUT2D eigenvalue weighted by atomic mass is 16.1. The van der Waals surface area contributed by atoms with E-state index in [2.05, 4.69) is 55.6 Å². The van der Waals surface area contributed by atoms with Crippen molar-refractivity contribution in [3.05, 3.63) is 101 Å². The summed E-state index contributed by atoms with van der Waals surface area (Å²) >= 11 is 0. The standard InChI is InChI=1S/C27H29NO/c1-4-19(5-2)21-14-10-15-22(17-21)26-25(20-12-7-6-8-13-20)27(29)24-18(3)11-9-16-23(24)28-26/h6-17,19,25-26,28H,4-5H2,1-3H3. The number of nitrogens with one attached hydrogen (secondary N) is 1. The number of fused-ring (bicyclic) bond motifs is 1. The molecular weight excluding hydrogens is 354 g/mol. The number of hydrogen-bond donors (Lipinski definition) is 1. The van der Waals surface area contributed by atoms with E-state index in [4.69, 9.17) is 0 Å². The monoisotopic (exact) mass is 383 g/mol. The van der Waals surface area contributed by atoms with Gasteiger partial charge in [-0.05, 0) is 54.0 Å². The first-order valence-electron chi connectivity index (χ1n) is 10.7. The highest BCUT2D eigenvalue weighted by molar-refractivity contribution is 6.09. The molecule has 0 amide bonds. The summed E-state index contributed by atoms with van der Waals surface area (Å²) in [7, 11) is 0. The van der Waals surface area contributed by atoms with Crippen LogP contribution in [-0.4, -0.2) is 5.78 Å². The van der Waals surface area contributed by atoms with Crippen molar-refractivity contribution in [2.24, 2.45) is 0 Å². The molecule has 2 heteroatoms. The summed E-state index contributed by atoms with van der Waals surface area (Å²) in [4.78, 5) is 13.7. The lowest BCUT2D eigenvalue weighted by atomic mass is 9.76. The molecule has 2 atom stereocenters. The second-order valence-electron chi connectivity index (χ2n) is 8.06. The normalized spacial score (nSPS) is 18.4. The van der Waals surface area contributed by atoms with Crippen molar-refractivity contribution in [2.75, 3.05) is 5.32 Å². The largest absolute Gasteiger partial charge is 0.377 e. The van der Waals surface area contributed by atoms with E-state index in [1.165, 1.54) is 11.1 Å². The lowest BCUT2D eigenvalue weighted by Crippen LogP contribution is -2.32. The second kappa shape index (κ2) is 8.24. The Morgan fingerprint density at radius 3 is 2.28 bits per heavy atom. The molecule has 4 rings (SSSR count). The molecule has 2 nitrogen and oxygen atoms in total. The summed E-state index contributed by atoms with van der Waals surface area (Å²) < 4.78 is 0. The van der Waals surface area contributed by atoms with Crippen LogP contribution in [0.4, 0.5) is 5.69 Å². The van der Waals surface area contributed by atoms with Crippen LogP contribution in [0.25, 0.3) is 0 Å². The summed E-state index contributed by atoms with van der Waals surface area (Å²) in [5, 5.41) is 3.71. The molecule has 2 unspecified atom stereocenters. The minimum absolute atomic E-state index is 0.0755. The van der Waals surface area contributed by atoms with Crippen molar-refractivity contribution in [3.63, 3.8) is 0 Å². The number of carbonyl (C=O) groups excluding carboxylic acids is 1. The lowest BCUT2D eigenvalue weighted by molar-refractivity contribution is 0.0944. The Kier molecular flexibility index (Phi) is 5.53. The smallest absolute Gasteiger partial charge is 0.175 e. The number of Topliss-reactive ketones (excluding diaryl/α,β-unsaturated/α-hetero) is 1. The maximum absolute atomic E-state index is 13.7. The number of rotatable bonds is 5. The molecule has 1 aliphatic rings. The summed E-state index contributed by atoms with van der Waals surface area (Å²) in [6.45, 7) is 6.51. The van der Waals surface area contributed by atoms with Crippen LogP contribution in [0.5, 0.6) is 0 Å². The Labute approximate surface area is 174 Å². The average Bonchev–Trinajstić information content (AvgIpc) is 2.75. The molecule has 0 fully saturated rings. The van der Waals surface area contributed by atoms with Crippen LogP contribution in [0.3, 0.4) is 0 Å². The number of carbonyl (C=O) groups is 1. The fraction of sp³-hybridized carbons (Fsp3) is 0.296. The van der Waals surface area contributed by atoms with E-state index >= 15 is 0 Å². The molecule has 0 bridgehead atoms. The first kappa shape index (κ1) is 19.4. The maximum Gasteiger partial charge on any atom is 0.175 e. The Bertz CT molecular complexity index is 1000. The molecule has 0 aliphatic carbocycles. The van der Waals surface area contributed by atoms with Gasteiger partial charge in [-0.2, -0.15) is 0 Å². The molecule has 0 radical (unpaired) electrons. The fourth-order valence-corrected chi connectivity index (χ4v) is 4.72. The van der Waals surface area contributed by atoms with Gasteiger partial charge < -0.3 is 5.32 Å². The van der Waals surface area contributed by atoms with Gasteiger partial charge >= 0.3 is 0 Å². The van der Waals surface area contributed by atoms with Gasteiger partial charge in [-0.3, -0.25) is 4.79 Å². The summed E-state index contributed by atoms with van der Waals surface area (Å²) in [6, 6.07) is 25.0. The first-order chi connectivity index (χ1) is 14.1. The van der Waals surface area contributed by atoms with Crippen LogP contribution in [0, 0.1) is 6.92 Å². The quantitative estimate of drug-likeness (QED) is 0.512. The molecule has 0 saturated heterocycles. The minimum Gasteiger partial charge on any atom is -0.377 e. The highest BCUT2D eigenvalue weighted by Crippen LogP contribution is 2.43. The van der Waals surface area contributed by atoms with Gasteiger partial charge in [0.05, 0.1) is 12.0 Å². The zero-order valence-electron chi connectivity index (χ0n) is 17.5. The van der Waals surface area contributed by atoms with Gasteiger partial charge in [-0.1, -0.05) is 80.6 Å². The molecule has 148 valence electrons. The Morgan fingerprint density at radius 2 is 1.55 bits per heavy atom. The minimum atomic E-state index is -0.234. The van der Waals surface area contributed by atoms with Gasteiger partial charge in [0.1, 0.15) is 0 Å². The van der Waals surface area contributed by atoms with Gasteiger partial charge in [0.2, 0.25) is 0 Å². The van der Waals surface area contributed by atoms with Gasteiger partial charge in [0, 0.05) is 11.3 Å². The lowest BCUT2D eigenvalue weighted by Gasteiger charge is -2.35. The molecular formula is C27H29NO. The molecule has 3 aromatic rings. The highest BCUT2D eigenvalue weighted by Gasteiger charge is 2.38. The number of aryl methyl sites for hydroxylation is 1. The SMILES string of the molecule is CCC(CC)c1cccc(C2Nc3cccc(C)c3C(=O)C2c2ccccc2)c1. The third-order valence-corrected chi connectivity index (χ3v) is 6.33. The van der Waals surface area contributed by atoms with E-state index in [1.54, 1.807) is 0 Å². The van der Waals surface area contributed by atoms with E-state index in [0.29, 0.717) is 5.92 Å². The van der Waals surface area contributed by atoms with Crippen molar-refractivity contribution >= 4 is 11.5 Å². The zero-order chi connectivity index (χ0) is 20.4. The first-order valence-corrected chi connectivity index (χ1v) is 10.7. The van der Waals surface area contributed by atoms with E-state index in [-0.39, 0.29) is 17.7 Å². The van der Waals surface area contributed by atoms with Gasteiger partial charge in [0.25, 0.3) is 0 Å². The molecule has 1 aliphatic heterocycles. The molecule has 1 N–H and O–H groups in total. The number of ketones is 1. The molecule has 3 aromatic carbocycles. The number of anilines is 1. The van der Waals surface area contributed by atoms with Crippen LogP contribution in [0.1, 0.15) is 77.2 Å². The molecule has 29 heavy (non-hydrogen) atoms. The third kappa shape index (κ3) is 3.60. The fourth-order valence-electron chi connectivity index (χ4n) is 4.72. The predicted octanol–water partition coefficient (Wildman–Crippen LogP) is 7.03. The van der Waals surface area contributed by atoms with Crippen LogP contribution >= 0.6 is 0 Å². The van der Waals surface area contributed by atoms with E-state index in [1.807, 2.05) is 43.3 Å². The van der Waals surface area contributed by atoms with Crippen molar-refractivity contribution in [2.45, 2.75) is 51.5 Å². The summed E-state index contributed by atoms with van der Waals surface area (Å²) in [5.41, 5.74) is 6.42. The van der Waals surface area contributed by atoms with E-state index < -0.39 is 0 Å². The Hall–Kier alpha value is -2.87. The van der Waals surface area contributed by atoms with Crippen molar-refractivity contribution < 1.29 is 4.79 Å². The van der Waals surface area contributed by atoms with Crippen molar-refractivity contribution in [1.82, 2.24) is 0 Å². The van der Waals surface area contributed by atoms with E-state index in [9.17, 15) is 4.79 Å². The Balaban J connectivity index is 1.84. The third-order valence-electron chi connectivity index (χ3n) is 6.33. The molecule has 0 saturated carbocycles. The van der Waals surface area contributed by atoms with Gasteiger partial charge in [-0.15, -0.1) is 0 Å². The summed E-state index contributed by atoms with van der Waals surface area (Å²) in [6.07, 6.45) is 2.25. The average molecular weight is 384 g/mol. The van der Waals surface area contributed by atoms with Gasteiger partial charge in [-0.25, -0.2) is 0 Å².